The Kier molecular flexibility index (Phi) is 4.27. The second kappa shape index (κ2) is 5.68. The topological polar surface area (TPSA) is 83.6 Å². The van der Waals surface area contributed by atoms with Gasteiger partial charge in [-0.05, 0) is 12.1 Å². The van der Waals surface area contributed by atoms with Gasteiger partial charge in [0.1, 0.15) is 12.4 Å². The van der Waals surface area contributed by atoms with Gasteiger partial charge in [-0.15, -0.1) is 6.42 Å². The fraction of sp³-hybridized carbons (Fsp3) is 0.167. The molecule has 0 bridgehead atoms. The van der Waals surface area contributed by atoms with E-state index in [1.165, 1.54) is 12.1 Å². The Morgan fingerprint density at radius 2 is 2.17 bits per heavy atom. The van der Waals surface area contributed by atoms with Gasteiger partial charge in [0.15, 0.2) is 0 Å². The van der Waals surface area contributed by atoms with Crippen molar-refractivity contribution in [2.75, 3.05) is 18.8 Å². The molecule has 0 aliphatic heterocycles. The van der Waals surface area contributed by atoms with Gasteiger partial charge in [-0.3, -0.25) is 9.59 Å². The number of nitrogens with two attached hydrogens (primary N) is 1. The summed E-state index contributed by atoms with van der Waals surface area (Å²) < 4.78 is 13.2. The maximum Gasteiger partial charge on any atom is 0.323 e. The molecular weight excluding hydrogens is 239 g/mol. The van der Waals surface area contributed by atoms with Crippen LogP contribution in [0, 0.1) is 18.2 Å². The predicted octanol–water partition coefficient (Wildman–Crippen LogP) is 0.568. The average molecular weight is 250 g/mol. The molecule has 1 aromatic carbocycles. The molecule has 5 nitrogen and oxygen atoms in total. The molecular formula is C12H11FN2O3. The summed E-state index contributed by atoms with van der Waals surface area (Å²) in [6.07, 6.45) is 5.05. The number of amides is 1. The summed E-state index contributed by atoms with van der Waals surface area (Å²) in [6, 6.07) is 3.73. The SMILES string of the molecule is C#CCN(CC(=O)O)C(=O)c1cccc(F)c1N. The second-order valence-electron chi connectivity index (χ2n) is 3.46. The summed E-state index contributed by atoms with van der Waals surface area (Å²) in [5, 5.41) is 8.66. The summed E-state index contributed by atoms with van der Waals surface area (Å²) in [5.41, 5.74) is 5.00. The highest BCUT2D eigenvalue weighted by Gasteiger charge is 2.20. The third-order valence-corrected chi connectivity index (χ3v) is 2.18. The monoisotopic (exact) mass is 250 g/mol. The van der Waals surface area contributed by atoms with Crippen LogP contribution < -0.4 is 5.73 Å². The van der Waals surface area contributed by atoms with Crippen molar-refractivity contribution in [3.63, 3.8) is 0 Å². The van der Waals surface area contributed by atoms with Crippen LogP contribution in [0.4, 0.5) is 10.1 Å². The number of para-hydroxylation sites is 1. The zero-order valence-corrected chi connectivity index (χ0v) is 9.39. The lowest BCUT2D eigenvalue weighted by molar-refractivity contribution is -0.137. The van der Waals surface area contributed by atoms with E-state index in [-0.39, 0.29) is 17.8 Å². The van der Waals surface area contributed by atoms with Crippen LogP contribution in [0.25, 0.3) is 0 Å². The minimum absolute atomic E-state index is 0.105. The van der Waals surface area contributed by atoms with Crippen LogP contribution in [0.3, 0.4) is 0 Å². The van der Waals surface area contributed by atoms with Crippen LogP contribution in [0.5, 0.6) is 0 Å². The molecule has 0 aliphatic rings. The number of carboxylic acid groups (broad SMARTS) is 1. The van der Waals surface area contributed by atoms with Crippen LogP contribution in [0.2, 0.25) is 0 Å². The number of carbonyl (C=O) groups excluding carboxylic acids is 1. The van der Waals surface area contributed by atoms with Crippen molar-refractivity contribution in [2.24, 2.45) is 0 Å². The minimum Gasteiger partial charge on any atom is -0.480 e. The number of hydrogen-bond donors (Lipinski definition) is 2. The molecule has 1 rings (SSSR count). The van der Waals surface area contributed by atoms with E-state index >= 15 is 0 Å². The molecule has 0 spiro atoms. The molecule has 1 amide bonds. The summed E-state index contributed by atoms with van der Waals surface area (Å²) >= 11 is 0. The van der Waals surface area contributed by atoms with Crippen LogP contribution in [-0.4, -0.2) is 35.0 Å². The van der Waals surface area contributed by atoms with E-state index in [4.69, 9.17) is 17.3 Å². The lowest BCUT2D eigenvalue weighted by atomic mass is 10.1. The number of terminal acetylenes is 1. The Balaban J connectivity index is 3.06. The molecule has 3 N–H and O–H groups in total. The van der Waals surface area contributed by atoms with Gasteiger partial charge in [-0.25, -0.2) is 4.39 Å². The normalized spacial score (nSPS) is 9.56. The van der Waals surface area contributed by atoms with E-state index in [1.807, 2.05) is 0 Å². The number of hydrogen-bond acceptors (Lipinski definition) is 3. The van der Waals surface area contributed by atoms with Crippen molar-refractivity contribution < 1.29 is 19.1 Å². The number of nitrogen functional groups attached to an aromatic ring is 1. The standard InChI is InChI=1S/C12H11FN2O3/c1-2-6-15(7-10(16)17)12(18)8-4-3-5-9(13)11(8)14/h1,3-5H,6-7,14H2,(H,16,17). The fourth-order valence-electron chi connectivity index (χ4n) is 1.37. The Hall–Kier alpha value is -2.55. The van der Waals surface area contributed by atoms with Gasteiger partial charge < -0.3 is 15.7 Å². The Labute approximate surface area is 103 Å². The smallest absolute Gasteiger partial charge is 0.323 e. The van der Waals surface area contributed by atoms with E-state index in [1.54, 1.807) is 0 Å². The Morgan fingerprint density at radius 1 is 1.50 bits per heavy atom. The number of halogens is 1. The lowest BCUT2D eigenvalue weighted by Gasteiger charge is -2.18. The van der Waals surface area contributed by atoms with Gasteiger partial charge in [0.05, 0.1) is 17.8 Å². The van der Waals surface area contributed by atoms with E-state index < -0.39 is 24.2 Å². The first-order valence-electron chi connectivity index (χ1n) is 4.96. The van der Waals surface area contributed by atoms with Gasteiger partial charge in [0.2, 0.25) is 0 Å². The van der Waals surface area contributed by atoms with E-state index in [9.17, 15) is 14.0 Å². The van der Waals surface area contributed by atoms with Gasteiger partial charge in [0.25, 0.3) is 5.91 Å². The van der Waals surface area contributed by atoms with E-state index in [0.717, 1.165) is 11.0 Å². The first-order valence-corrected chi connectivity index (χ1v) is 4.96. The summed E-state index contributed by atoms with van der Waals surface area (Å²) in [4.78, 5) is 23.5. The zero-order valence-electron chi connectivity index (χ0n) is 9.39. The van der Waals surface area contributed by atoms with Crippen LogP contribution in [0.1, 0.15) is 10.4 Å². The minimum atomic E-state index is -1.21. The molecule has 0 atom stereocenters. The zero-order chi connectivity index (χ0) is 13.7. The van der Waals surface area contributed by atoms with Crippen molar-refractivity contribution in [3.8, 4) is 12.3 Å². The van der Waals surface area contributed by atoms with E-state index in [0.29, 0.717) is 0 Å². The second-order valence-corrected chi connectivity index (χ2v) is 3.46. The molecule has 0 heterocycles. The number of aliphatic carboxylic acids is 1. The molecule has 0 unspecified atom stereocenters. The molecule has 0 aliphatic carbocycles. The number of rotatable bonds is 4. The highest BCUT2D eigenvalue weighted by Crippen LogP contribution is 2.17. The summed E-state index contributed by atoms with van der Waals surface area (Å²) in [6.45, 7) is -0.764. The molecule has 1 aromatic rings. The van der Waals surface area contributed by atoms with Gasteiger partial charge in [0, 0.05) is 0 Å². The first-order chi connectivity index (χ1) is 8.47. The van der Waals surface area contributed by atoms with Crippen LogP contribution >= 0.6 is 0 Å². The maximum atomic E-state index is 13.2. The summed E-state index contributed by atoms with van der Waals surface area (Å²) in [5.74, 6) is -0.504. The summed E-state index contributed by atoms with van der Waals surface area (Å²) in [7, 11) is 0. The van der Waals surface area contributed by atoms with Crippen LogP contribution in [0.15, 0.2) is 18.2 Å². The van der Waals surface area contributed by atoms with E-state index in [2.05, 4.69) is 5.92 Å². The number of nitrogens with zero attached hydrogens (tertiary/aromatic N) is 1. The van der Waals surface area contributed by atoms with Crippen LogP contribution in [-0.2, 0) is 4.79 Å². The third kappa shape index (κ3) is 2.98. The fourth-order valence-corrected chi connectivity index (χ4v) is 1.37. The predicted molar refractivity (Wildman–Crippen MR) is 63.2 cm³/mol. The number of benzene rings is 1. The molecule has 18 heavy (non-hydrogen) atoms. The number of carboxylic acids is 1. The Bertz CT molecular complexity index is 523. The van der Waals surface area contributed by atoms with Crippen molar-refractivity contribution in [1.82, 2.24) is 4.90 Å². The average Bonchev–Trinajstić information content (AvgIpc) is 2.31. The quantitative estimate of drug-likeness (QED) is 0.604. The highest BCUT2D eigenvalue weighted by atomic mass is 19.1. The largest absolute Gasteiger partial charge is 0.480 e. The Morgan fingerprint density at radius 3 is 2.72 bits per heavy atom. The number of anilines is 1. The van der Waals surface area contributed by atoms with Crippen molar-refractivity contribution in [2.45, 2.75) is 0 Å². The molecule has 94 valence electrons. The molecule has 0 radical (unpaired) electrons. The van der Waals surface area contributed by atoms with Gasteiger partial charge >= 0.3 is 5.97 Å². The van der Waals surface area contributed by atoms with Crippen molar-refractivity contribution in [3.05, 3.63) is 29.6 Å². The van der Waals surface area contributed by atoms with Gasteiger partial charge in [-0.2, -0.15) is 0 Å². The molecule has 0 fully saturated rings. The number of carbonyl (C=O) groups is 2. The van der Waals surface area contributed by atoms with Gasteiger partial charge in [-0.1, -0.05) is 12.0 Å². The molecule has 6 heteroatoms. The maximum absolute atomic E-state index is 13.2. The third-order valence-electron chi connectivity index (χ3n) is 2.18. The molecule has 0 aromatic heterocycles. The molecule has 0 saturated carbocycles. The lowest BCUT2D eigenvalue weighted by Crippen LogP contribution is -2.36. The highest BCUT2D eigenvalue weighted by molar-refractivity contribution is 6.00. The molecule has 0 saturated heterocycles. The first kappa shape index (κ1) is 13.5. The van der Waals surface area contributed by atoms with Crippen molar-refractivity contribution >= 4 is 17.6 Å². The van der Waals surface area contributed by atoms with Crippen molar-refractivity contribution in [1.29, 1.82) is 0 Å².